The van der Waals surface area contributed by atoms with Crippen LogP contribution in [0, 0.1) is 0 Å². The number of amides is 2. The van der Waals surface area contributed by atoms with Gasteiger partial charge in [0.2, 0.25) is 11.8 Å². The maximum atomic E-state index is 13.9. The van der Waals surface area contributed by atoms with Gasteiger partial charge < -0.3 is 34.6 Å². The third kappa shape index (κ3) is 15.1. The van der Waals surface area contributed by atoms with Gasteiger partial charge in [-0.2, -0.15) is 0 Å². The van der Waals surface area contributed by atoms with Crippen molar-refractivity contribution in [2.24, 2.45) is 0 Å². The molecular weight excluding hydrogens is 876 g/mol. The molecule has 12 heteroatoms. The van der Waals surface area contributed by atoms with E-state index in [0.29, 0.717) is 26.2 Å². The number of carbonyl (C=O) groups excluding carboxylic acids is 3. The fourth-order valence-corrected chi connectivity index (χ4v) is 8.67. The van der Waals surface area contributed by atoms with Gasteiger partial charge in [0.25, 0.3) is 0 Å². The van der Waals surface area contributed by atoms with Gasteiger partial charge in [0.05, 0.1) is 44.4 Å². The number of nitrogens with zero attached hydrogens (tertiary/aromatic N) is 2. The van der Waals surface area contributed by atoms with E-state index in [1.165, 1.54) is 12.0 Å². The van der Waals surface area contributed by atoms with Gasteiger partial charge in [0.15, 0.2) is 0 Å². The van der Waals surface area contributed by atoms with Crippen LogP contribution in [0.4, 0.5) is 0 Å². The summed E-state index contributed by atoms with van der Waals surface area (Å²) >= 11 is 0. The predicted octanol–water partition coefficient (Wildman–Crippen LogP) is 6.76. The Hall–Kier alpha value is -6.84. The topological polar surface area (TPSA) is 153 Å². The van der Waals surface area contributed by atoms with E-state index < -0.39 is 35.9 Å². The maximum Gasteiger partial charge on any atom is 1.00 e. The number of likely N-dealkylation sites (tertiary alicyclic amines) is 2. The molecule has 8 rings (SSSR count). The Morgan fingerprint density at radius 2 is 0.829 bits per heavy atom. The van der Waals surface area contributed by atoms with Crippen molar-refractivity contribution in [3.05, 3.63) is 228 Å². The number of aliphatic carboxylic acids is 1. The number of carboxylic acids is 1. The first kappa shape index (κ1) is 55.8. The summed E-state index contributed by atoms with van der Waals surface area (Å²) < 4.78 is 17.0. The SMILES string of the molecule is C.COC(=O)[C@@H]1C[C@@H](OC/C=C/c2ccccc2)CN1C(=O)C(c1ccccc1)c1ccccc1.O=C(O)[C@@H]1C[C@@H](OC/C=C/c2ccccc2)CN1C(=O)C(c1ccccc1)c1ccccc1.[Li+].[OH-]. The molecule has 0 aliphatic carbocycles. The number of rotatable bonds is 16. The van der Waals surface area contributed by atoms with Crippen molar-refractivity contribution in [1.29, 1.82) is 0 Å². The van der Waals surface area contributed by atoms with E-state index in [0.717, 1.165) is 33.4 Å². The van der Waals surface area contributed by atoms with Crippen LogP contribution in [0.1, 0.15) is 65.5 Å². The van der Waals surface area contributed by atoms with E-state index in [1.807, 2.05) is 206 Å². The predicted molar refractivity (Wildman–Crippen MR) is 268 cm³/mol. The fourth-order valence-electron chi connectivity index (χ4n) is 8.67. The first-order chi connectivity index (χ1) is 32.8. The van der Waals surface area contributed by atoms with E-state index in [-0.39, 0.29) is 68.8 Å². The molecule has 70 heavy (non-hydrogen) atoms. The third-order valence-electron chi connectivity index (χ3n) is 12.0. The van der Waals surface area contributed by atoms with Crippen molar-refractivity contribution in [3.8, 4) is 0 Å². The van der Waals surface area contributed by atoms with Crippen molar-refractivity contribution in [1.82, 2.24) is 9.80 Å². The molecule has 2 aliphatic rings. The number of carboxylic acid groups (broad SMARTS) is 1. The Bertz CT molecular complexity index is 2470. The molecule has 0 unspecified atom stereocenters. The number of methoxy groups -OCH3 is 1. The molecule has 0 radical (unpaired) electrons. The molecular formula is C58H61LiN2O9. The average molecular weight is 937 g/mol. The number of hydrogen-bond acceptors (Lipinski definition) is 8. The summed E-state index contributed by atoms with van der Waals surface area (Å²) in [5.41, 5.74) is 5.62. The molecule has 4 atom stereocenters. The Kier molecular flexibility index (Phi) is 22.8. The smallest absolute Gasteiger partial charge is 0.870 e. The van der Waals surface area contributed by atoms with Gasteiger partial charge in [0.1, 0.15) is 12.1 Å². The van der Waals surface area contributed by atoms with Crippen LogP contribution in [-0.4, -0.2) is 102 Å². The minimum Gasteiger partial charge on any atom is -0.870 e. The van der Waals surface area contributed by atoms with E-state index in [9.17, 15) is 24.3 Å². The number of carbonyl (C=O) groups is 4. The number of benzene rings is 6. The Balaban J connectivity index is 0.000000292. The minimum atomic E-state index is -1.01. The van der Waals surface area contributed by atoms with E-state index in [2.05, 4.69) is 0 Å². The minimum absolute atomic E-state index is 0. The van der Waals surface area contributed by atoms with Crippen LogP contribution in [0.3, 0.4) is 0 Å². The number of hydrogen-bond donors (Lipinski definition) is 1. The summed E-state index contributed by atoms with van der Waals surface area (Å²) in [7, 11) is 1.35. The number of ether oxygens (including phenoxy) is 3. The summed E-state index contributed by atoms with van der Waals surface area (Å²) in [5.74, 6) is -2.84. The third-order valence-corrected chi connectivity index (χ3v) is 12.0. The summed E-state index contributed by atoms with van der Waals surface area (Å²) in [6, 6.07) is 56.6. The van der Waals surface area contributed by atoms with Gasteiger partial charge in [-0.3, -0.25) is 9.59 Å². The molecule has 0 spiro atoms. The van der Waals surface area contributed by atoms with Crippen molar-refractivity contribution < 1.29 is 62.8 Å². The van der Waals surface area contributed by atoms with Gasteiger partial charge >= 0.3 is 30.8 Å². The second kappa shape index (κ2) is 28.6. The van der Waals surface area contributed by atoms with Gasteiger partial charge in [-0.25, -0.2) is 9.59 Å². The molecule has 2 fully saturated rings. The maximum absolute atomic E-state index is 13.9. The van der Waals surface area contributed by atoms with Crippen LogP contribution in [0.25, 0.3) is 12.2 Å². The van der Waals surface area contributed by atoms with Gasteiger partial charge in [-0.1, -0.05) is 214 Å². The van der Waals surface area contributed by atoms with Crippen LogP contribution in [0.2, 0.25) is 0 Å². The molecule has 2 amide bonds. The molecule has 2 aliphatic heterocycles. The summed E-state index contributed by atoms with van der Waals surface area (Å²) in [4.78, 5) is 55.3. The Morgan fingerprint density at radius 1 is 0.529 bits per heavy atom. The molecule has 6 aromatic carbocycles. The molecule has 0 saturated carbocycles. The van der Waals surface area contributed by atoms with Crippen molar-refractivity contribution >= 4 is 35.9 Å². The first-order valence-corrected chi connectivity index (χ1v) is 22.6. The Labute approximate surface area is 423 Å². The van der Waals surface area contributed by atoms with Crippen molar-refractivity contribution in [2.75, 3.05) is 33.4 Å². The van der Waals surface area contributed by atoms with Crippen LogP contribution >= 0.6 is 0 Å². The monoisotopic (exact) mass is 936 g/mol. The molecule has 358 valence electrons. The average Bonchev–Trinajstić information content (AvgIpc) is 4.02. The molecule has 0 bridgehead atoms. The van der Waals surface area contributed by atoms with Crippen LogP contribution in [-0.2, 0) is 33.4 Å². The molecule has 0 aromatic heterocycles. The molecule has 2 heterocycles. The van der Waals surface area contributed by atoms with Gasteiger partial charge in [-0.05, 0) is 33.4 Å². The largest absolute Gasteiger partial charge is 1.00 e. The van der Waals surface area contributed by atoms with Crippen LogP contribution in [0.5, 0.6) is 0 Å². The second-order valence-corrected chi connectivity index (χ2v) is 16.4. The van der Waals surface area contributed by atoms with E-state index in [1.54, 1.807) is 4.90 Å². The molecule has 11 nitrogen and oxygen atoms in total. The fraction of sp³-hybridized carbons (Fsp3) is 0.241. The molecule has 2 N–H and O–H groups in total. The van der Waals surface area contributed by atoms with Crippen LogP contribution < -0.4 is 18.9 Å². The standard InChI is InChI=1S/C29H29NO4.C28H27NO4.CH4.Li.H2O/c1-33-29(32)26-20-25(34-19-11-14-22-12-5-2-6-13-22)21-30(26)28(31)27(23-15-7-3-8-16-23)24-17-9-4-10-18-24;30-27(26(22-14-6-2-7-15-22)23-16-8-3-9-17-23)29-20-24(19-25(29)28(31)32)33-18-10-13-21-11-4-1-5-12-21;;;/h2-18,25-27H,19-21H2,1H3;1-17,24-26H,18-20H2,(H,31,32);1H4;;1H2/q;;;+1;/p-1/b14-11+;13-10+;;;/t25-,26+;24-,25+;;;/m11.../s1. The molecule has 6 aromatic rings. The van der Waals surface area contributed by atoms with E-state index in [4.69, 9.17) is 14.2 Å². The summed E-state index contributed by atoms with van der Waals surface area (Å²) in [6.45, 7) is 1.35. The zero-order chi connectivity index (χ0) is 46.8. The van der Waals surface area contributed by atoms with Crippen molar-refractivity contribution in [2.45, 2.75) is 56.4 Å². The summed E-state index contributed by atoms with van der Waals surface area (Å²) in [5, 5.41) is 9.83. The zero-order valence-corrected chi connectivity index (χ0v) is 39.0. The molecule has 2 saturated heterocycles. The first-order valence-electron chi connectivity index (χ1n) is 22.6. The van der Waals surface area contributed by atoms with E-state index >= 15 is 0 Å². The van der Waals surface area contributed by atoms with Crippen LogP contribution in [0.15, 0.2) is 194 Å². The van der Waals surface area contributed by atoms with Crippen molar-refractivity contribution in [3.63, 3.8) is 0 Å². The zero-order valence-electron chi connectivity index (χ0n) is 39.0. The second-order valence-electron chi connectivity index (χ2n) is 16.4. The Morgan fingerprint density at radius 3 is 1.14 bits per heavy atom. The van der Waals surface area contributed by atoms with Gasteiger partial charge in [-0.15, -0.1) is 0 Å². The number of esters is 1. The van der Waals surface area contributed by atoms with Gasteiger partial charge in [0, 0.05) is 25.9 Å². The normalized spacial score (nSPS) is 17.2. The quantitative estimate of drug-likeness (QED) is 0.0820. The summed E-state index contributed by atoms with van der Waals surface area (Å²) in [6.07, 6.45) is 7.92.